The van der Waals surface area contributed by atoms with Gasteiger partial charge in [0.15, 0.2) is 5.43 Å². The summed E-state index contributed by atoms with van der Waals surface area (Å²) in [6.07, 6.45) is -4.75. The molecule has 0 aliphatic heterocycles. The summed E-state index contributed by atoms with van der Waals surface area (Å²) in [5.74, 6) is -1.79. The smallest absolute Gasteiger partial charge is 0.449 e. The Hall–Kier alpha value is -2.61. The Morgan fingerprint density at radius 1 is 1.08 bits per heavy atom. The topological polar surface area (TPSA) is 59.3 Å². The van der Waals surface area contributed by atoms with Crippen LogP contribution in [0.2, 0.25) is 0 Å². The number of benzene rings is 2. The lowest BCUT2D eigenvalue weighted by molar-refractivity contribution is -0.152. The van der Waals surface area contributed by atoms with Gasteiger partial charge in [-0.25, -0.2) is 0 Å². The Morgan fingerprint density at radius 2 is 1.80 bits per heavy atom. The average molecular weight is 412 g/mol. The van der Waals surface area contributed by atoms with Gasteiger partial charge >= 0.3 is 6.18 Å². The van der Waals surface area contributed by atoms with Crippen LogP contribution < -0.4 is 10.7 Å². The van der Waals surface area contributed by atoms with E-state index < -0.39 is 23.3 Å². The first-order valence-electron chi connectivity index (χ1n) is 6.97. The molecule has 1 amide bonds. The molecule has 0 spiro atoms. The number of halogens is 4. The first kappa shape index (κ1) is 17.2. The maximum Gasteiger partial charge on any atom is 0.449 e. The molecule has 0 atom stereocenters. The Labute approximate surface area is 147 Å². The van der Waals surface area contributed by atoms with Crippen LogP contribution in [0.4, 0.5) is 18.9 Å². The predicted octanol–water partition coefficient (Wildman–Crippen LogP) is 4.83. The molecule has 0 fully saturated rings. The fourth-order valence-corrected chi connectivity index (χ4v) is 2.68. The van der Waals surface area contributed by atoms with Crippen molar-refractivity contribution in [2.24, 2.45) is 0 Å². The van der Waals surface area contributed by atoms with E-state index in [-0.39, 0.29) is 16.7 Å². The molecule has 25 heavy (non-hydrogen) atoms. The standard InChI is InChI=1S/C17H9BrF3NO3/c18-12-4-2-1-3-10(12)16(24)22-9-5-6-14-11(7-9)13(23)8-15(25-14)17(19,20)21/h1-8H,(H,22,24). The van der Waals surface area contributed by atoms with Crippen molar-refractivity contribution in [3.05, 3.63) is 74.6 Å². The third-order valence-electron chi connectivity index (χ3n) is 3.38. The highest BCUT2D eigenvalue weighted by Gasteiger charge is 2.34. The van der Waals surface area contributed by atoms with E-state index in [1.54, 1.807) is 24.3 Å². The van der Waals surface area contributed by atoms with Crippen LogP contribution >= 0.6 is 15.9 Å². The second-order valence-corrected chi connectivity index (χ2v) is 5.97. The van der Waals surface area contributed by atoms with Gasteiger partial charge in [-0.3, -0.25) is 9.59 Å². The van der Waals surface area contributed by atoms with Crippen LogP contribution in [-0.4, -0.2) is 5.91 Å². The van der Waals surface area contributed by atoms with Crippen molar-refractivity contribution in [1.29, 1.82) is 0 Å². The molecule has 1 aromatic heterocycles. The van der Waals surface area contributed by atoms with Gasteiger partial charge in [-0.15, -0.1) is 0 Å². The fraction of sp³-hybridized carbons (Fsp3) is 0.0588. The summed E-state index contributed by atoms with van der Waals surface area (Å²) < 4.78 is 43.3. The van der Waals surface area contributed by atoms with Crippen LogP contribution in [0.15, 0.2) is 62.2 Å². The molecule has 1 N–H and O–H groups in total. The van der Waals surface area contributed by atoms with Crippen molar-refractivity contribution >= 4 is 38.5 Å². The van der Waals surface area contributed by atoms with Gasteiger partial charge in [-0.1, -0.05) is 12.1 Å². The van der Waals surface area contributed by atoms with Crippen molar-refractivity contribution < 1.29 is 22.4 Å². The van der Waals surface area contributed by atoms with Gasteiger partial charge in [0.1, 0.15) is 5.58 Å². The first-order chi connectivity index (χ1) is 11.8. The molecule has 0 saturated carbocycles. The highest BCUT2D eigenvalue weighted by molar-refractivity contribution is 9.10. The molecular weight excluding hydrogens is 403 g/mol. The largest absolute Gasteiger partial charge is 0.451 e. The monoisotopic (exact) mass is 411 g/mol. The van der Waals surface area contributed by atoms with Gasteiger partial charge in [-0.05, 0) is 46.3 Å². The molecule has 0 aliphatic rings. The van der Waals surface area contributed by atoms with Crippen molar-refractivity contribution in [2.45, 2.75) is 6.18 Å². The predicted molar refractivity (Wildman–Crippen MR) is 89.6 cm³/mol. The molecule has 3 rings (SSSR count). The molecule has 3 aromatic rings. The van der Waals surface area contributed by atoms with Gasteiger partial charge in [0, 0.05) is 16.2 Å². The number of amides is 1. The van der Waals surface area contributed by atoms with Crippen LogP contribution in [0, 0.1) is 0 Å². The number of fused-ring (bicyclic) bond motifs is 1. The zero-order valence-corrected chi connectivity index (χ0v) is 13.9. The molecule has 0 unspecified atom stereocenters. The summed E-state index contributed by atoms with van der Waals surface area (Å²) in [6, 6.07) is 11.0. The SMILES string of the molecule is O=C(Nc1ccc2oc(C(F)(F)F)cc(=O)c2c1)c1ccccc1Br. The quantitative estimate of drug-likeness (QED) is 0.656. The van der Waals surface area contributed by atoms with E-state index in [0.717, 1.165) is 0 Å². The molecule has 0 radical (unpaired) electrons. The van der Waals surface area contributed by atoms with Crippen LogP contribution in [0.5, 0.6) is 0 Å². The highest BCUT2D eigenvalue weighted by atomic mass is 79.9. The molecular formula is C17H9BrF3NO3. The maximum atomic E-state index is 12.7. The van der Waals surface area contributed by atoms with Crippen LogP contribution in [0.3, 0.4) is 0 Å². The number of carbonyl (C=O) groups excluding carboxylic acids is 1. The summed E-state index contributed by atoms with van der Waals surface area (Å²) >= 11 is 3.26. The second kappa shape index (κ2) is 6.36. The van der Waals surface area contributed by atoms with Crippen LogP contribution in [-0.2, 0) is 6.18 Å². The number of hydrogen-bond donors (Lipinski definition) is 1. The second-order valence-electron chi connectivity index (χ2n) is 5.12. The van der Waals surface area contributed by atoms with Gasteiger partial charge in [0.2, 0.25) is 5.76 Å². The Morgan fingerprint density at radius 3 is 2.48 bits per heavy atom. The Bertz CT molecular complexity index is 1030. The summed E-state index contributed by atoms with van der Waals surface area (Å²) in [5, 5.41) is 2.53. The molecule has 128 valence electrons. The highest BCUT2D eigenvalue weighted by Crippen LogP contribution is 2.30. The summed E-state index contributed by atoms with van der Waals surface area (Å²) in [5.41, 5.74) is -0.411. The molecule has 0 saturated heterocycles. The third kappa shape index (κ3) is 3.58. The zero-order chi connectivity index (χ0) is 18.2. The van der Waals surface area contributed by atoms with Crippen molar-refractivity contribution in [3.63, 3.8) is 0 Å². The molecule has 8 heteroatoms. The van der Waals surface area contributed by atoms with E-state index >= 15 is 0 Å². The average Bonchev–Trinajstić information content (AvgIpc) is 2.54. The number of anilines is 1. The summed E-state index contributed by atoms with van der Waals surface area (Å²) in [7, 11) is 0. The summed E-state index contributed by atoms with van der Waals surface area (Å²) in [6.45, 7) is 0. The number of alkyl halides is 3. The molecule has 2 aromatic carbocycles. The Balaban J connectivity index is 1.97. The third-order valence-corrected chi connectivity index (χ3v) is 4.07. The Kier molecular flexibility index (Phi) is 4.38. The molecule has 0 bridgehead atoms. The molecule has 1 heterocycles. The van der Waals surface area contributed by atoms with E-state index in [4.69, 9.17) is 4.42 Å². The minimum Gasteiger partial charge on any atom is -0.451 e. The van der Waals surface area contributed by atoms with E-state index in [9.17, 15) is 22.8 Å². The van der Waals surface area contributed by atoms with E-state index in [2.05, 4.69) is 21.2 Å². The van der Waals surface area contributed by atoms with E-state index in [1.807, 2.05) is 0 Å². The van der Waals surface area contributed by atoms with E-state index in [0.29, 0.717) is 16.1 Å². The molecule has 4 nitrogen and oxygen atoms in total. The first-order valence-corrected chi connectivity index (χ1v) is 7.76. The van der Waals surface area contributed by atoms with Crippen molar-refractivity contribution in [1.82, 2.24) is 0 Å². The van der Waals surface area contributed by atoms with Crippen molar-refractivity contribution in [2.75, 3.05) is 5.32 Å². The fourth-order valence-electron chi connectivity index (χ4n) is 2.22. The lowest BCUT2D eigenvalue weighted by Crippen LogP contribution is -2.14. The number of rotatable bonds is 2. The van der Waals surface area contributed by atoms with Gasteiger partial charge in [0.25, 0.3) is 5.91 Å². The number of carbonyl (C=O) groups is 1. The van der Waals surface area contributed by atoms with E-state index in [1.165, 1.54) is 18.2 Å². The van der Waals surface area contributed by atoms with Gasteiger partial charge in [0.05, 0.1) is 10.9 Å². The lowest BCUT2D eigenvalue weighted by atomic mass is 10.1. The number of nitrogens with one attached hydrogen (secondary N) is 1. The number of hydrogen-bond acceptors (Lipinski definition) is 3. The van der Waals surface area contributed by atoms with Gasteiger partial charge in [-0.2, -0.15) is 13.2 Å². The lowest BCUT2D eigenvalue weighted by Gasteiger charge is -2.09. The zero-order valence-electron chi connectivity index (χ0n) is 12.4. The van der Waals surface area contributed by atoms with Crippen LogP contribution in [0.25, 0.3) is 11.0 Å². The maximum absolute atomic E-state index is 12.7. The van der Waals surface area contributed by atoms with Crippen LogP contribution in [0.1, 0.15) is 16.1 Å². The normalized spacial score (nSPS) is 11.5. The van der Waals surface area contributed by atoms with Crippen molar-refractivity contribution in [3.8, 4) is 0 Å². The van der Waals surface area contributed by atoms with Gasteiger partial charge < -0.3 is 9.73 Å². The summed E-state index contributed by atoms with van der Waals surface area (Å²) in [4.78, 5) is 24.2. The minimum absolute atomic E-state index is 0.0575. The molecule has 0 aliphatic carbocycles. The minimum atomic E-state index is -4.75.